The second-order valence-corrected chi connectivity index (χ2v) is 5.68. The third-order valence-electron chi connectivity index (χ3n) is 3.15. The second-order valence-electron chi connectivity index (χ2n) is 4.82. The van der Waals surface area contributed by atoms with Crippen LogP contribution in [0.15, 0.2) is 16.6 Å². The fourth-order valence-corrected chi connectivity index (χ4v) is 2.56. The molecule has 1 aromatic rings. The normalized spacial score (nSPS) is 30.1. The first-order valence-corrected chi connectivity index (χ1v) is 5.93. The predicted octanol–water partition coefficient (Wildman–Crippen LogP) is 3.37. The van der Waals surface area contributed by atoms with Crippen LogP contribution in [-0.4, -0.2) is 11.7 Å². The molecule has 1 aromatic carbocycles. The van der Waals surface area contributed by atoms with E-state index in [1.54, 1.807) is 0 Å². The van der Waals surface area contributed by atoms with Crippen molar-refractivity contribution in [1.82, 2.24) is 0 Å². The van der Waals surface area contributed by atoms with Crippen molar-refractivity contribution < 1.29 is 9.47 Å². The van der Waals surface area contributed by atoms with Gasteiger partial charge in [-0.25, -0.2) is 0 Å². The molecule has 1 saturated heterocycles. The van der Waals surface area contributed by atoms with Gasteiger partial charge >= 0.3 is 0 Å². The van der Waals surface area contributed by atoms with E-state index in [0.29, 0.717) is 0 Å². The zero-order valence-corrected chi connectivity index (χ0v) is 10.6. The fourth-order valence-electron chi connectivity index (χ4n) is 2.20. The first-order chi connectivity index (χ1) is 6.99. The lowest BCUT2D eigenvalue weighted by atomic mass is 9.94. The third-order valence-corrected chi connectivity index (χ3v) is 4.00. The van der Waals surface area contributed by atoms with Crippen molar-refractivity contribution in [3.8, 4) is 5.75 Å². The van der Waals surface area contributed by atoms with Crippen molar-refractivity contribution in [3.05, 3.63) is 27.7 Å². The first-order valence-electron chi connectivity index (χ1n) is 5.13. The molecule has 0 bridgehead atoms. The molecule has 1 fully saturated rings. The number of aryl methyl sites for hydroxylation is 1. The van der Waals surface area contributed by atoms with E-state index < -0.39 is 0 Å². The number of hydrogen-bond donors (Lipinski definition) is 0. The number of halogens is 1. The minimum absolute atomic E-state index is 0.196. The van der Waals surface area contributed by atoms with Crippen LogP contribution in [0.3, 0.4) is 0 Å². The molecule has 0 saturated carbocycles. The third kappa shape index (κ3) is 1.33. The molecule has 2 nitrogen and oxygen atoms in total. The molecule has 0 N–H and O–H groups in total. The van der Waals surface area contributed by atoms with Gasteiger partial charge in [-0.15, -0.1) is 0 Å². The molecule has 2 unspecified atom stereocenters. The van der Waals surface area contributed by atoms with Gasteiger partial charge in [0.1, 0.15) is 23.6 Å². The molecule has 15 heavy (non-hydrogen) atoms. The van der Waals surface area contributed by atoms with Gasteiger partial charge in [0, 0.05) is 10.0 Å². The number of hydrogen-bond acceptors (Lipinski definition) is 2. The Balaban J connectivity index is 2.13. The highest BCUT2D eigenvalue weighted by molar-refractivity contribution is 9.10. The highest BCUT2D eigenvalue weighted by Crippen LogP contribution is 2.54. The standard InChI is InChI=1S/C12H13BrO2/c1-6-4-9-7(5-8(6)13)10-11(14-10)12(2,3)15-9/h4-5,10-11H,1-3H3. The van der Waals surface area contributed by atoms with Crippen LogP contribution in [0.1, 0.15) is 31.1 Å². The molecule has 0 aromatic heterocycles. The smallest absolute Gasteiger partial charge is 0.132 e. The molecule has 0 aliphatic carbocycles. The number of rotatable bonds is 0. The molecule has 0 amide bonds. The van der Waals surface area contributed by atoms with Crippen molar-refractivity contribution in [2.45, 2.75) is 38.6 Å². The van der Waals surface area contributed by atoms with E-state index in [1.165, 1.54) is 11.1 Å². The summed E-state index contributed by atoms with van der Waals surface area (Å²) in [6.07, 6.45) is 0.459. The number of ether oxygens (including phenoxy) is 2. The molecular formula is C12H13BrO2. The lowest BCUT2D eigenvalue weighted by Gasteiger charge is -2.29. The fraction of sp³-hybridized carbons (Fsp3) is 0.500. The Bertz CT molecular complexity index is 439. The van der Waals surface area contributed by atoms with E-state index >= 15 is 0 Å². The number of benzene rings is 1. The maximum atomic E-state index is 5.96. The summed E-state index contributed by atoms with van der Waals surface area (Å²) in [6.45, 7) is 6.23. The van der Waals surface area contributed by atoms with Gasteiger partial charge in [0.15, 0.2) is 0 Å². The quantitative estimate of drug-likeness (QED) is 0.673. The Kier molecular flexibility index (Phi) is 1.79. The zero-order valence-electron chi connectivity index (χ0n) is 9.00. The summed E-state index contributed by atoms with van der Waals surface area (Å²) < 4.78 is 12.8. The van der Waals surface area contributed by atoms with E-state index in [4.69, 9.17) is 9.47 Å². The summed E-state index contributed by atoms with van der Waals surface area (Å²) in [7, 11) is 0. The molecule has 3 rings (SSSR count). The molecular weight excluding hydrogens is 256 g/mol. The Morgan fingerprint density at radius 2 is 2.07 bits per heavy atom. The van der Waals surface area contributed by atoms with Gasteiger partial charge in [-0.2, -0.15) is 0 Å². The molecule has 80 valence electrons. The van der Waals surface area contributed by atoms with Crippen molar-refractivity contribution in [1.29, 1.82) is 0 Å². The van der Waals surface area contributed by atoms with Gasteiger partial charge in [0.25, 0.3) is 0 Å². The molecule has 2 heterocycles. The van der Waals surface area contributed by atoms with Gasteiger partial charge in [-0.05, 0) is 38.5 Å². The van der Waals surface area contributed by atoms with Crippen molar-refractivity contribution in [3.63, 3.8) is 0 Å². The van der Waals surface area contributed by atoms with Crippen LogP contribution < -0.4 is 4.74 Å². The molecule has 2 aliphatic heterocycles. The summed E-state index contributed by atoms with van der Waals surface area (Å²) >= 11 is 3.54. The second kappa shape index (κ2) is 2.77. The highest BCUT2D eigenvalue weighted by atomic mass is 79.9. The van der Waals surface area contributed by atoms with Crippen LogP contribution in [0.4, 0.5) is 0 Å². The molecule has 0 radical (unpaired) electrons. The van der Waals surface area contributed by atoms with Crippen LogP contribution in [-0.2, 0) is 4.74 Å². The van der Waals surface area contributed by atoms with E-state index in [0.717, 1.165) is 10.2 Å². The summed E-state index contributed by atoms with van der Waals surface area (Å²) in [5, 5.41) is 0. The van der Waals surface area contributed by atoms with Crippen LogP contribution in [0, 0.1) is 6.92 Å². The zero-order chi connectivity index (χ0) is 10.8. The summed E-state index contributed by atoms with van der Waals surface area (Å²) in [5.74, 6) is 0.972. The lowest BCUT2D eigenvalue weighted by Crippen LogP contribution is -2.37. The van der Waals surface area contributed by atoms with Gasteiger partial charge in [-0.3, -0.25) is 0 Å². The van der Waals surface area contributed by atoms with Crippen LogP contribution in [0.2, 0.25) is 0 Å². The summed E-state index contributed by atoms with van der Waals surface area (Å²) in [4.78, 5) is 0. The van der Waals surface area contributed by atoms with Crippen molar-refractivity contribution in [2.75, 3.05) is 0 Å². The van der Waals surface area contributed by atoms with E-state index in [2.05, 4.69) is 48.8 Å². The van der Waals surface area contributed by atoms with Crippen LogP contribution in [0.5, 0.6) is 5.75 Å². The average Bonchev–Trinajstić information content (AvgIpc) is 2.89. The van der Waals surface area contributed by atoms with E-state index in [9.17, 15) is 0 Å². The number of epoxide rings is 1. The first kappa shape index (κ1) is 9.67. The maximum absolute atomic E-state index is 5.96. The minimum atomic E-state index is -0.196. The topological polar surface area (TPSA) is 21.8 Å². The van der Waals surface area contributed by atoms with Gasteiger partial charge < -0.3 is 9.47 Å². The SMILES string of the molecule is Cc1cc2c(cc1Br)C1OC1C(C)(C)O2. The highest BCUT2D eigenvalue weighted by Gasteiger charge is 2.56. The van der Waals surface area contributed by atoms with E-state index in [-0.39, 0.29) is 17.8 Å². The maximum Gasteiger partial charge on any atom is 0.132 e. The largest absolute Gasteiger partial charge is 0.485 e. The van der Waals surface area contributed by atoms with Crippen LogP contribution >= 0.6 is 15.9 Å². The molecule has 2 atom stereocenters. The van der Waals surface area contributed by atoms with Crippen LogP contribution in [0.25, 0.3) is 0 Å². The van der Waals surface area contributed by atoms with Gasteiger partial charge in [-0.1, -0.05) is 15.9 Å². The Morgan fingerprint density at radius 3 is 2.80 bits per heavy atom. The Labute approximate surface area is 97.7 Å². The Morgan fingerprint density at radius 1 is 1.33 bits per heavy atom. The molecule has 2 aliphatic rings. The van der Waals surface area contributed by atoms with E-state index in [1.807, 2.05) is 0 Å². The predicted molar refractivity (Wildman–Crippen MR) is 61.2 cm³/mol. The van der Waals surface area contributed by atoms with Crippen molar-refractivity contribution >= 4 is 15.9 Å². The monoisotopic (exact) mass is 268 g/mol. The minimum Gasteiger partial charge on any atom is -0.485 e. The van der Waals surface area contributed by atoms with Crippen molar-refractivity contribution in [2.24, 2.45) is 0 Å². The summed E-state index contributed by atoms with van der Waals surface area (Å²) in [5.41, 5.74) is 2.18. The van der Waals surface area contributed by atoms with Gasteiger partial charge in [0.05, 0.1) is 0 Å². The molecule has 3 heteroatoms. The Hall–Kier alpha value is -0.540. The average molecular weight is 269 g/mol. The number of fused-ring (bicyclic) bond motifs is 3. The summed E-state index contributed by atoms with van der Waals surface area (Å²) in [6, 6.07) is 4.20. The lowest BCUT2D eigenvalue weighted by molar-refractivity contribution is 0.0724. The molecule has 0 spiro atoms. The van der Waals surface area contributed by atoms with Gasteiger partial charge in [0.2, 0.25) is 0 Å².